The van der Waals surface area contributed by atoms with Crippen molar-refractivity contribution < 1.29 is 29.6 Å². The van der Waals surface area contributed by atoms with Crippen LogP contribution in [-0.4, -0.2) is 71.4 Å². The number of phenols is 1. The van der Waals surface area contributed by atoms with Crippen molar-refractivity contribution in [2.45, 2.75) is 24.7 Å². The van der Waals surface area contributed by atoms with Crippen molar-refractivity contribution >= 4 is 11.9 Å². The summed E-state index contributed by atoms with van der Waals surface area (Å²) in [5, 5.41) is 26.3. The monoisotopic (exact) mass is 323 g/mol. The van der Waals surface area contributed by atoms with Crippen LogP contribution in [0.4, 0.5) is 0 Å². The molecule has 0 aromatic heterocycles. The van der Waals surface area contributed by atoms with Crippen LogP contribution in [0.25, 0.3) is 0 Å². The van der Waals surface area contributed by atoms with Crippen molar-refractivity contribution in [1.29, 1.82) is 1.43 Å². The first-order valence-electron chi connectivity index (χ1n) is 7.76. The zero-order valence-electron chi connectivity index (χ0n) is 13.3. The molecule has 0 saturated carbocycles. The summed E-state index contributed by atoms with van der Waals surface area (Å²) in [7, 11) is 0. The molecule has 0 radical (unpaired) electrons. The molecule has 2 atom stereocenters. The maximum atomic E-state index is 12.3. The van der Waals surface area contributed by atoms with Gasteiger partial charge in [0.1, 0.15) is 23.2 Å². The van der Waals surface area contributed by atoms with Crippen molar-refractivity contribution in [2.24, 2.45) is 0 Å². The Bertz CT molecular complexity index is 649. The molecule has 124 valence electrons. The lowest BCUT2D eigenvalue weighted by Gasteiger charge is -2.40. The van der Waals surface area contributed by atoms with Crippen LogP contribution >= 0.6 is 0 Å². The molecule has 2 aliphatic rings. The topological polar surface area (TPSA) is 119 Å². The minimum atomic E-state index is -1.27. The Hall–Kier alpha value is -2.32. The van der Waals surface area contributed by atoms with E-state index < -0.39 is 5.97 Å². The van der Waals surface area contributed by atoms with E-state index in [4.69, 9.17) is 11.3 Å². The summed E-state index contributed by atoms with van der Waals surface area (Å²) in [5.41, 5.74) is -0.282. The van der Waals surface area contributed by atoms with E-state index in [0.717, 1.165) is 0 Å². The molecule has 2 saturated heterocycles. The molecule has 23 heavy (non-hydrogen) atoms. The van der Waals surface area contributed by atoms with Gasteiger partial charge in [-0.05, 0) is 18.6 Å². The van der Waals surface area contributed by atoms with Crippen LogP contribution in [0.5, 0.6) is 11.5 Å². The number of carbonyl (C=O) groups excluding carboxylic acids is 1. The molecule has 0 bridgehead atoms. The van der Waals surface area contributed by atoms with E-state index in [0.29, 0.717) is 26.1 Å². The Morgan fingerprint density at radius 2 is 2.17 bits per heavy atom. The second kappa shape index (κ2) is 6.05. The molecule has 0 spiro atoms. The zero-order valence-corrected chi connectivity index (χ0v) is 12.3. The molecular formula is C15H18N2O6. The Labute approximate surface area is 133 Å². The van der Waals surface area contributed by atoms with Gasteiger partial charge in [0.25, 0.3) is 0 Å². The van der Waals surface area contributed by atoms with Gasteiger partial charge in [-0.2, -0.15) is 0 Å². The Balaban J connectivity index is 1.55. The molecule has 0 unspecified atom stereocenters. The molecule has 1 amide bonds. The second-order valence-electron chi connectivity index (χ2n) is 5.76. The number of likely N-dealkylation sites (tertiary alicyclic amines) is 1. The molecule has 8 heteroatoms. The normalized spacial score (nSPS) is 24.9. The van der Waals surface area contributed by atoms with Gasteiger partial charge in [-0.15, -0.1) is 0 Å². The van der Waals surface area contributed by atoms with Crippen LogP contribution in [-0.2, 0) is 4.79 Å². The Kier molecular flexibility index (Phi) is 3.76. The maximum Gasteiger partial charge on any atom is 0.343 e. The summed E-state index contributed by atoms with van der Waals surface area (Å²) in [5.74, 6) is -1.62. The van der Waals surface area contributed by atoms with Gasteiger partial charge in [-0.1, -0.05) is 6.07 Å². The van der Waals surface area contributed by atoms with E-state index in [1.54, 1.807) is 4.90 Å². The molecule has 3 rings (SSSR count). The summed E-state index contributed by atoms with van der Waals surface area (Å²) >= 11 is 0. The molecule has 2 fully saturated rings. The van der Waals surface area contributed by atoms with Gasteiger partial charge in [-0.3, -0.25) is 4.79 Å². The Morgan fingerprint density at radius 3 is 2.83 bits per heavy atom. The van der Waals surface area contributed by atoms with E-state index in [1.165, 1.54) is 18.2 Å². The van der Waals surface area contributed by atoms with Crippen LogP contribution < -0.4 is 10.1 Å². The highest BCUT2D eigenvalue weighted by Gasteiger charge is 2.38. The number of β-amino-alcohol motifs (C(OH)–C–C–N with tert-alkyl or cyclic N) is 1. The molecule has 8 nitrogen and oxygen atoms in total. The number of aliphatic hydroxyl groups is 1. The smallest absolute Gasteiger partial charge is 0.343 e. The number of carbonyl (C=O) groups is 2. The van der Waals surface area contributed by atoms with Crippen molar-refractivity contribution in [3.05, 3.63) is 23.8 Å². The molecule has 2 aliphatic heterocycles. The minimum Gasteiger partial charge on any atom is -0.507 e. The molecule has 2 heterocycles. The van der Waals surface area contributed by atoms with Crippen LogP contribution in [0.2, 0.25) is 0 Å². The number of rotatable bonds is 5. The first-order chi connectivity index (χ1) is 11.5. The predicted octanol–water partition coefficient (Wildman–Crippen LogP) is -0.597. The van der Waals surface area contributed by atoms with Crippen molar-refractivity contribution in [3.8, 4) is 11.5 Å². The highest BCUT2D eigenvalue weighted by molar-refractivity contribution is 5.94. The van der Waals surface area contributed by atoms with Crippen LogP contribution in [0, 0.1) is 0 Å². The summed E-state index contributed by atoms with van der Waals surface area (Å²) < 4.78 is 12.5. The number of aromatic hydroxyl groups is 1. The maximum absolute atomic E-state index is 12.3. The van der Waals surface area contributed by atoms with Gasteiger partial charge < -0.3 is 30.3 Å². The van der Waals surface area contributed by atoms with Gasteiger partial charge in [0, 0.05) is 6.54 Å². The third-order valence-corrected chi connectivity index (χ3v) is 4.06. The third kappa shape index (κ3) is 3.08. The summed E-state index contributed by atoms with van der Waals surface area (Å²) in [4.78, 5) is 25.1. The van der Waals surface area contributed by atoms with Crippen LogP contribution in [0.1, 0.15) is 16.8 Å². The SMILES string of the molecule is [2H]O[C@H]1CN[C@H](C(=O)N2CC(Oc3cccc(O)c3C(=O)O)C2)C1. The molecular weight excluding hydrogens is 304 g/mol. The van der Waals surface area contributed by atoms with E-state index in [-0.39, 0.29) is 41.2 Å². The number of nitrogens with zero attached hydrogens (tertiary/aromatic N) is 1. The van der Waals surface area contributed by atoms with Gasteiger partial charge >= 0.3 is 5.97 Å². The molecule has 0 aliphatic carbocycles. The quantitative estimate of drug-likeness (QED) is 0.571. The number of hydrogen-bond acceptors (Lipinski definition) is 6. The zero-order chi connectivity index (χ0) is 17.3. The molecule has 4 N–H and O–H groups in total. The minimum absolute atomic E-state index is 0.0798. The number of carboxylic acid groups (broad SMARTS) is 1. The first-order valence-corrected chi connectivity index (χ1v) is 7.35. The fourth-order valence-electron chi connectivity index (χ4n) is 2.82. The standard InChI is InChI=1S/C15H18N2O6/c18-8-4-10(16-5-8)14(20)17-6-9(7-17)23-12-3-1-2-11(19)13(12)15(21)22/h1-3,8-10,16,18-19H,4-7H2,(H,21,22)/t8-,10+/m1/s1/i18D. The van der Waals surface area contributed by atoms with E-state index in [1.807, 2.05) is 0 Å². The van der Waals surface area contributed by atoms with Gasteiger partial charge in [-0.25, -0.2) is 4.79 Å². The average molecular weight is 323 g/mol. The lowest BCUT2D eigenvalue weighted by molar-refractivity contribution is -0.142. The lowest BCUT2D eigenvalue weighted by Crippen LogP contribution is -2.59. The second-order valence-corrected chi connectivity index (χ2v) is 5.76. The number of nitrogens with one attached hydrogen (secondary N) is 1. The van der Waals surface area contributed by atoms with Crippen molar-refractivity contribution in [3.63, 3.8) is 0 Å². The summed E-state index contributed by atoms with van der Waals surface area (Å²) in [6, 6.07) is 3.89. The van der Waals surface area contributed by atoms with Crippen molar-refractivity contribution in [1.82, 2.24) is 10.2 Å². The largest absolute Gasteiger partial charge is 0.507 e. The first kappa shape index (κ1) is 14.3. The fourth-order valence-corrected chi connectivity index (χ4v) is 2.82. The van der Waals surface area contributed by atoms with E-state index in [9.17, 15) is 14.7 Å². The number of hydrogen-bond donors (Lipinski definition) is 4. The number of aliphatic hydroxyl groups excluding tert-OH is 1. The highest BCUT2D eigenvalue weighted by atomic mass is 16.5. The third-order valence-electron chi connectivity index (χ3n) is 4.06. The predicted molar refractivity (Wildman–Crippen MR) is 78.5 cm³/mol. The van der Waals surface area contributed by atoms with Gasteiger partial charge in [0.05, 0.1) is 25.2 Å². The van der Waals surface area contributed by atoms with Crippen molar-refractivity contribution in [2.75, 3.05) is 19.6 Å². The highest BCUT2D eigenvalue weighted by Crippen LogP contribution is 2.29. The summed E-state index contributed by atoms with van der Waals surface area (Å²) in [6.45, 7) is 1.16. The van der Waals surface area contributed by atoms with Gasteiger partial charge in [0.15, 0.2) is 0 Å². The van der Waals surface area contributed by atoms with E-state index >= 15 is 0 Å². The lowest BCUT2D eigenvalue weighted by atomic mass is 10.1. The number of benzene rings is 1. The van der Waals surface area contributed by atoms with Crippen LogP contribution in [0.3, 0.4) is 0 Å². The molecule has 1 aromatic carbocycles. The summed E-state index contributed by atoms with van der Waals surface area (Å²) in [6.07, 6.45) is -0.142. The Morgan fingerprint density at radius 1 is 1.39 bits per heavy atom. The fraction of sp³-hybridized carbons (Fsp3) is 0.467. The van der Waals surface area contributed by atoms with Crippen LogP contribution in [0.15, 0.2) is 18.2 Å². The number of aromatic carboxylic acids is 1. The van der Waals surface area contributed by atoms with Gasteiger partial charge in [0.2, 0.25) is 7.34 Å². The molecule has 1 aromatic rings. The average Bonchev–Trinajstić information content (AvgIpc) is 2.98. The number of carboxylic acids is 1. The number of ether oxygens (including phenoxy) is 1. The number of amides is 1. The van der Waals surface area contributed by atoms with E-state index in [2.05, 4.69) is 10.4 Å².